The molecule has 1 heterocycles. The standard InChI is InChI=1S/C12H20N2O4/c1-3-5-13(8-11(16)17)12(18)14-6-4-10(15)9(2)7-14/h3,9-10,15H,1,4-8H2,2H3,(H,16,17). The van der Waals surface area contributed by atoms with Crippen molar-refractivity contribution in [3.05, 3.63) is 12.7 Å². The molecule has 1 aliphatic rings. The van der Waals surface area contributed by atoms with Gasteiger partial charge in [0.1, 0.15) is 6.54 Å². The minimum Gasteiger partial charge on any atom is -0.480 e. The molecule has 0 aromatic heterocycles. The molecule has 0 radical (unpaired) electrons. The predicted octanol–water partition coefficient (Wildman–Crippen LogP) is 0.382. The van der Waals surface area contributed by atoms with Crippen molar-refractivity contribution >= 4 is 12.0 Å². The number of aliphatic hydroxyl groups excluding tert-OH is 1. The molecule has 0 aliphatic carbocycles. The third-order valence-corrected chi connectivity index (χ3v) is 3.08. The van der Waals surface area contributed by atoms with E-state index in [9.17, 15) is 14.7 Å². The molecule has 1 aliphatic heterocycles. The van der Waals surface area contributed by atoms with E-state index in [0.29, 0.717) is 19.5 Å². The van der Waals surface area contributed by atoms with Crippen LogP contribution in [0.4, 0.5) is 4.79 Å². The molecule has 6 nitrogen and oxygen atoms in total. The summed E-state index contributed by atoms with van der Waals surface area (Å²) in [5, 5.41) is 18.4. The van der Waals surface area contributed by atoms with Crippen molar-refractivity contribution in [2.45, 2.75) is 19.4 Å². The summed E-state index contributed by atoms with van der Waals surface area (Å²) in [6.07, 6.45) is 1.65. The van der Waals surface area contributed by atoms with Crippen LogP contribution >= 0.6 is 0 Å². The molecule has 0 aromatic carbocycles. The zero-order valence-electron chi connectivity index (χ0n) is 10.6. The topological polar surface area (TPSA) is 81.1 Å². The molecule has 1 rings (SSSR count). The lowest BCUT2D eigenvalue weighted by atomic mass is 9.97. The molecule has 0 bridgehead atoms. The van der Waals surface area contributed by atoms with Crippen LogP contribution in [0.3, 0.4) is 0 Å². The second-order valence-corrected chi connectivity index (χ2v) is 4.62. The summed E-state index contributed by atoms with van der Waals surface area (Å²) < 4.78 is 0. The van der Waals surface area contributed by atoms with Gasteiger partial charge in [-0.2, -0.15) is 0 Å². The molecule has 102 valence electrons. The van der Waals surface area contributed by atoms with Gasteiger partial charge >= 0.3 is 12.0 Å². The van der Waals surface area contributed by atoms with E-state index >= 15 is 0 Å². The van der Waals surface area contributed by atoms with E-state index in [-0.39, 0.29) is 31.1 Å². The quantitative estimate of drug-likeness (QED) is 0.713. The molecule has 2 atom stereocenters. The van der Waals surface area contributed by atoms with Crippen LogP contribution < -0.4 is 0 Å². The number of likely N-dealkylation sites (tertiary alicyclic amines) is 1. The van der Waals surface area contributed by atoms with E-state index in [1.165, 1.54) is 11.0 Å². The number of carbonyl (C=O) groups excluding carboxylic acids is 1. The Morgan fingerprint density at radius 1 is 1.56 bits per heavy atom. The maximum absolute atomic E-state index is 12.1. The first kappa shape index (κ1) is 14.5. The number of urea groups is 1. The summed E-state index contributed by atoms with van der Waals surface area (Å²) in [6.45, 7) is 6.17. The van der Waals surface area contributed by atoms with Gasteiger partial charge in [-0.1, -0.05) is 13.0 Å². The maximum atomic E-state index is 12.1. The molecular weight excluding hydrogens is 236 g/mol. The van der Waals surface area contributed by atoms with Crippen LogP contribution in [-0.4, -0.2) is 64.3 Å². The number of rotatable bonds is 4. The first-order valence-electron chi connectivity index (χ1n) is 6.00. The fourth-order valence-electron chi connectivity index (χ4n) is 2.04. The summed E-state index contributed by atoms with van der Waals surface area (Å²) in [6, 6.07) is -0.309. The number of hydrogen-bond donors (Lipinski definition) is 2. The van der Waals surface area contributed by atoms with E-state index < -0.39 is 5.97 Å². The summed E-state index contributed by atoms with van der Waals surface area (Å²) in [5.74, 6) is -1.03. The fourth-order valence-corrected chi connectivity index (χ4v) is 2.04. The third-order valence-electron chi connectivity index (χ3n) is 3.08. The van der Waals surface area contributed by atoms with Crippen molar-refractivity contribution in [2.75, 3.05) is 26.2 Å². The second-order valence-electron chi connectivity index (χ2n) is 4.62. The molecule has 2 amide bonds. The van der Waals surface area contributed by atoms with Crippen LogP contribution in [-0.2, 0) is 4.79 Å². The van der Waals surface area contributed by atoms with Gasteiger partial charge in [-0.05, 0) is 12.3 Å². The van der Waals surface area contributed by atoms with Gasteiger partial charge in [-0.3, -0.25) is 4.79 Å². The van der Waals surface area contributed by atoms with Crippen molar-refractivity contribution < 1.29 is 19.8 Å². The van der Waals surface area contributed by atoms with Gasteiger partial charge in [0.05, 0.1) is 6.10 Å². The average Bonchev–Trinajstić information content (AvgIpc) is 2.31. The Morgan fingerprint density at radius 2 is 2.22 bits per heavy atom. The van der Waals surface area contributed by atoms with Crippen LogP contribution in [0.1, 0.15) is 13.3 Å². The molecule has 2 unspecified atom stereocenters. The zero-order chi connectivity index (χ0) is 13.7. The van der Waals surface area contributed by atoms with Gasteiger partial charge in [-0.15, -0.1) is 6.58 Å². The van der Waals surface area contributed by atoms with Gasteiger partial charge in [-0.25, -0.2) is 4.79 Å². The smallest absolute Gasteiger partial charge is 0.323 e. The Bertz CT molecular complexity index is 332. The van der Waals surface area contributed by atoms with Gasteiger partial charge < -0.3 is 20.0 Å². The van der Waals surface area contributed by atoms with E-state index in [1.807, 2.05) is 6.92 Å². The van der Waals surface area contributed by atoms with Gasteiger partial charge in [0.2, 0.25) is 0 Å². The fraction of sp³-hybridized carbons (Fsp3) is 0.667. The van der Waals surface area contributed by atoms with Crippen molar-refractivity contribution in [2.24, 2.45) is 5.92 Å². The molecular formula is C12H20N2O4. The Labute approximate surface area is 106 Å². The number of aliphatic hydroxyl groups is 1. The second kappa shape index (κ2) is 6.39. The number of aliphatic carboxylic acids is 1. The Kier molecular flexibility index (Phi) is 5.15. The maximum Gasteiger partial charge on any atom is 0.323 e. The summed E-state index contributed by atoms with van der Waals surface area (Å²) in [5.41, 5.74) is 0. The number of piperidine rings is 1. The first-order chi connectivity index (χ1) is 8.45. The number of hydrogen-bond acceptors (Lipinski definition) is 3. The summed E-state index contributed by atoms with van der Waals surface area (Å²) in [4.78, 5) is 25.7. The van der Waals surface area contributed by atoms with Crippen molar-refractivity contribution in [1.82, 2.24) is 9.80 Å². The van der Waals surface area contributed by atoms with Crippen LogP contribution in [0.5, 0.6) is 0 Å². The number of carbonyl (C=O) groups is 2. The molecule has 0 saturated carbocycles. The van der Waals surface area contributed by atoms with Crippen LogP contribution in [0, 0.1) is 5.92 Å². The zero-order valence-corrected chi connectivity index (χ0v) is 10.6. The van der Waals surface area contributed by atoms with Crippen LogP contribution in [0.15, 0.2) is 12.7 Å². The van der Waals surface area contributed by atoms with E-state index in [1.54, 1.807) is 4.90 Å². The molecule has 2 N–H and O–H groups in total. The van der Waals surface area contributed by atoms with Gasteiger partial charge in [0.25, 0.3) is 0 Å². The van der Waals surface area contributed by atoms with E-state index in [4.69, 9.17) is 5.11 Å². The molecule has 0 aromatic rings. The minimum atomic E-state index is -1.05. The lowest BCUT2D eigenvalue weighted by Crippen LogP contribution is -2.51. The number of amides is 2. The predicted molar refractivity (Wildman–Crippen MR) is 66.2 cm³/mol. The Morgan fingerprint density at radius 3 is 2.72 bits per heavy atom. The van der Waals surface area contributed by atoms with Gasteiger partial charge in [0.15, 0.2) is 0 Å². The van der Waals surface area contributed by atoms with E-state index in [2.05, 4.69) is 6.58 Å². The SMILES string of the molecule is C=CCN(CC(=O)O)C(=O)N1CCC(O)C(C)C1. The van der Waals surface area contributed by atoms with Crippen molar-refractivity contribution in [3.8, 4) is 0 Å². The van der Waals surface area contributed by atoms with Crippen LogP contribution in [0.25, 0.3) is 0 Å². The largest absolute Gasteiger partial charge is 0.480 e. The third kappa shape index (κ3) is 3.73. The normalized spacial score (nSPS) is 23.6. The Balaban J connectivity index is 2.64. The highest BCUT2D eigenvalue weighted by Gasteiger charge is 2.30. The summed E-state index contributed by atoms with van der Waals surface area (Å²) in [7, 11) is 0. The molecule has 1 fully saturated rings. The molecule has 6 heteroatoms. The lowest BCUT2D eigenvalue weighted by Gasteiger charge is -2.37. The molecule has 1 saturated heterocycles. The van der Waals surface area contributed by atoms with Gasteiger partial charge in [0, 0.05) is 19.6 Å². The number of carboxylic acid groups (broad SMARTS) is 1. The highest BCUT2D eigenvalue weighted by Crippen LogP contribution is 2.17. The minimum absolute atomic E-state index is 0.0121. The number of carboxylic acids is 1. The summed E-state index contributed by atoms with van der Waals surface area (Å²) >= 11 is 0. The molecule has 18 heavy (non-hydrogen) atoms. The molecule has 0 spiro atoms. The number of nitrogens with zero attached hydrogens (tertiary/aromatic N) is 2. The highest BCUT2D eigenvalue weighted by molar-refractivity contribution is 5.80. The monoisotopic (exact) mass is 256 g/mol. The first-order valence-corrected chi connectivity index (χ1v) is 6.00. The lowest BCUT2D eigenvalue weighted by molar-refractivity contribution is -0.137. The van der Waals surface area contributed by atoms with Crippen LogP contribution in [0.2, 0.25) is 0 Å². The highest BCUT2D eigenvalue weighted by atomic mass is 16.4. The average molecular weight is 256 g/mol. The van der Waals surface area contributed by atoms with Crippen molar-refractivity contribution in [3.63, 3.8) is 0 Å². The van der Waals surface area contributed by atoms with Crippen molar-refractivity contribution in [1.29, 1.82) is 0 Å². The van der Waals surface area contributed by atoms with E-state index in [0.717, 1.165) is 0 Å². The Hall–Kier alpha value is -1.56.